The minimum atomic E-state index is -0.420. The molecule has 0 spiro atoms. The van der Waals surface area contributed by atoms with Crippen LogP contribution in [0.2, 0.25) is 0 Å². The van der Waals surface area contributed by atoms with Gasteiger partial charge in [0.05, 0.1) is 5.69 Å². The Bertz CT molecular complexity index is 544. The molecule has 1 atom stereocenters. The molecule has 1 fully saturated rings. The lowest BCUT2D eigenvalue weighted by atomic mass is 9.75. The van der Waals surface area contributed by atoms with Crippen molar-refractivity contribution in [2.45, 2.75) is 58.6 Å². The number of carbonyl (C=O) groups excluding carboxylic acids is 1. The van der Waals surface area contributed by atoms with Gasteiger partial charge in [-0.2, -0.15) is 0 Å². The maximum Gasteiger partial charge on any atom is 0.265 e. The maximum absolute atomic E-state index is 11.7. The highest BCUT2D eigenvalue weighted by atomic mass is 16.5. The third-order valence-corrected chi connectivity index (χ3v) is 4.62. The van der Waals surface area contributed by atoms with Crippen LogP contribution in [0.25, 0.3) is 0 Å². The van der Waals surface area contributed by atoms with E-state index >= 15 is 0 Å². The van der Waals surface area contributed by atoms with Crippen molar-refractivity contribution in [3.8, 4) is 5.75 Å². The summed E-state index contributed by atoms with van der Waals surface area (Å²) in [6, 6.07) is 6.46. The Labute approximate surface area is 126 Å². The average Bonchev–Trinajstić information content (AvgIpc) is 2.43. The molecule has 4 nitrogen and oxygen atoms in total. The van der Waals surface area contributed by atoms with Crippen LogP contribution in [-0.2, 0) is 4.79 Å². The van der Waals surface area contributed by atoms with Crippen LogP contribution in [-0.4, -0.2) is 18.1 Å². The molecule has 0 aromatic heterocycles. The summed E-state index contributed by atoms with van der Waals surface area (Å²) in [6.45, 7) is 6.44. The molecule has 1 saturated carbocycles. The second kappa shape index (κ2) is 5.24. The predicted octanol–water partition coefficient (Wildman–Crippen LogP) is 3.79. The third kappa shape index (κ3) is 3.14. The van der Waals surface area contributed by atoms with Crippen LogP contribution in [0.3, 0.4) is 0 Å². The molecule has 114 valence electrons. The summed E-state index contributed by atoms with van der Waals surface area (Å²) in [5.41, 5.74) is 2.29. The van der Waals surface area contributed by atoms with E-state index in [-0.39, 0.29) is 5.91 Å². The number of rotatable bonds is 2. The topological polar surface area (TPSA) is 50.4 Å². The molecule has 1 aliphatic carbocycles. The number of fused-ring (bicyclic) bond motifs is 1. The monoisotopic (exact) mass is 288 g/mol. The van der Waals surface area contributed by atoms with Gasteiger partial charge in [0.25, 0.3) is 5.91 Å². The SMILES string of the molecule is CC1Oc2ccc(NC3CCC(C)(C)CC3)cc2NC1=O. The van der Waals surface area contributed by atoms with Gasteiger partial charge >= 0.3 is 0 Å². The number of anilines is 2. The molecule has 2 aliphatic rings. The maximum atomic E-state index is 11.7. The Morgan fingerprint density at radius 1 is 1.29 bits per heavy atom. The Hall–Kier alpha value is -1.71. The molecular formula is C17H24N2O2. The molecule has 1 aromatic carbocycles. The third-order valence-electron chi connectivity index (χ3n) is 4.62. The number of carbonyl (C=O) groups is 1. The van der Waals surface area contributed by atoms with E-state index in [9.17, 15) is 4.79 Å². The van der Waals surface area contributed by atoms with Crippen LogP contribution in [0.5, 0.6) is 5.75 Å². The highest BCUT2D eigenvalue weighted by molar-refractivity contribution is 5.98. The highest BCUT2D eigenvalue weighted by Crippen LogP contribution is 2.37. The van der Waals surface area contributed by atoms with Gasteiger partial charge in [0.15, 0.2) is 6.10 Å². The highest BCUT2D eigenvalue weighted by Gasteiger charge is 2.27. The molecule has 0 bridgehead atoms. The smallest absolute Gasteiger partial charge is 0.265 e. The minimum absolute atomic E-state index is 0.0842. The fraction of sp³-hybridized carbons (Fsp3) is 0.588. The van der Waals surface area contributed by atoms with E-state index in [2.05, 4.69) is 24.5 Å². The Morgan fingerprint density at radius 2 is 2.00 bits per heavy atom. The molecular weight excluding hydrogens is 264 g/mol. The number of nitrogens with one attached hydrogen (secondary N) is 2. The van der Waals surface area contributed by atoms with E-state index in [0.717, 1.165) is 17.1 Å². The van der Waals surface area contributed by atoms with Gasteiger partial charge in [-0.3, -0.25) is 4.79 Å². The summed E-state index contributed by atoms with van der Waals surface area (Å²) in [6.07, 6.45) is 4.49. The van der Waals surface area contributed by atoms with Gasteiger partial charge in [0, 0.05) is 11.7 Å². The van der Waals surface area contributed by atoms with Crippen molar-refractivity contribution in [2.75, 3.05) is 10.6 Å². The molecule has 0 saturated heterocycles. The largest absolute Gasteiger partial charge is 0.479 e. The van der Waals surface area contributed by atoms with Crippen molar-refractivity contribution in [2.24, 2.45) is 5.41 Å². The van der Waals surface area contributed by atoms with E-state index < -0.39 is 6.10 Å². The van der Waals surface area contributed by atoms with Gasteiger partial charge in [0.1, 0.15) is 5.75 Å². The molecule has 21 heavy (non-hydrogen) atoms. The minimum Gasteiger partial charge on any atom is -0.479 e. The summed E-state index contributed by atoms with van der Waals surface area (Å²) in [5, 5.41) is 6.48. The summed E-state index contributed by atoms with van der Waals surface area (Å²) in [4.78, 5) is 11.7. The summed E-state index contributed by atoms with van der Waals surface area (Å²) in [5.74, 6) is 0.663. The molecule has 0 radical (unpaired) electrons. The Balaban J connectivity index is 1.68. The fourth-order valence-corrected chi connectivity index (χ4v) is 3.08. The van der Waals surface area contributed by atoms with Crippen LogP contribution in [0, 0.1) is 5.41 Å². The summed E-state index contributed by atoms with van der Waals surface area (Å²) in [7, 11) is 0. The first-order valence-electron chi connectivity index (χ1n) is 7.81. The van der Waals surface area contributed by atoms with Crippen LogP contribution in [0.1, 0.15) is 46.5 Å². The molecule has 2 N–H and O–H groups in total. The van der Waals surface area contributed by atoms with Crippen LogP contribution < -0.4 is 15.4 Å². The quantitative estimate of drug-likeness (QED) is 0.870. The van der Waals surface area contributed by atoms with Gasteiger partial charge < -0.3 is 15.4 Å². The van der Waals surface area contributed by atoms with Gasteiger partial charge in [0.2, 0.25) is 0 Å². The number of benzene rings is 1. The number of hydrogen-bond donors (Lipinski definition) is 2. The van der Waals surface area contributed by atoms with Crippen LogP contribution in [0.15, 0.2) is 18.2 Å². The summed E-state index contributed by atoms with van der Waals surface area (Å²) < 4.78 is 5.58. The normalized spacial score (nSPS) is 24.7. The second-order valence-corrected chi connectivity index (χ2v) is 7.04. The van der Waals surface area contributed by atoms with E-state index in [4.69, 9.17) is 4.74 Å². The van der Waals surface area contributed by atoms with E-state index in [1.807, 2.05) is 18.2 Å². The van der Waals surface area contributed by atoms with Crippen LogP contribution >= 0.6 is 0 Å². The van der Waals surface area contributed by atoms with Crippen molar-refractivity contribution in [3.05, 3.63) is 18.2 Å². The lowest BCUT2D eigenvalue weighted by Crippen LogP contribution is -2.34. The van der Waals surface area contributed by atoms with Gasteiger partial charge in [-0.25, -0.2) is 0 Å². The molecule has 1 aliphatic heterocycles. The molecule has 3 rings (SSSR count). The van der Waals surface area contributed by atoms with Gasteiger partial charge in [-0.1, -0.05) is 13.8 Å². The summed E-state index contributed by atoms with van der Waals surface area (Å²) >= 11 is 0. The van der Waals surface area contributed by atoms with E-state index in [1.54, 1.807) is 6.92 Å². The fourth-order valence-electron chi connectivity index (χ4n) is 3.08. The zero-order chi connectivity index (χ0) is 15.0. The van der Waals surface area contributed by atoms with E-state index in [1.165, 1.54) is 25.7 Å². The lowest BCUT2D eigenvalue weighted by molar-refractivity contribution is -0.122. The lowest BCUT2D eigenvalue weighted by Gasteiger charge is -2.35. The predicted molar refractivity (Wildman–Crippen MR) is 84.8 cm³/mol. The molecule has 1 heterocycles. The van der Waals surface area contributed by atoms with Crippen LogP contribution in [0.4, 0.5) is 11.4 Å². The first kappa shape index (κ1) is 14.2. The molecule has 4 heteroatoms. The van der Waals surface area contributed by atoms with Crippen molar-refractivity contribution in [3.63, 3.8) is 0 Å². The second-order valence-electron chi connectivity index (χ2n) is 7.04. The zero-order valence-corrected chi connectivity index (χ0v) is 13.0. The van der Waals surface area contributed by atoms with Crippen molar-refractivity contribution >= 4 is 17.3 Å². The Kier molecular flexibility index (Phi) is 3.56. The van der Waals surface area contributed by atoms with Gasteiger partial charge in [-0.05, 0) is 56.2 Å². The first-order valence-corrected chi connectivity index (χ1v) is 7.81. The average molecular weight is 288 g/mol. The molecule has 1 amide bonds. The van der Waals surface area contributed by atoms with Crippen molar-refractivity contribution in [1.82, 2.24) is 0 Å². The first-order chi connectivity index (χ1) is 9.93. The van der Waals surface area contributed by atoms with Crippen molar-refractivity contribution in [1.29, 1.82) is 0 Å². The number of hydrogen-bond acceptors (Lipinski definition) is 3. The molecule has 1 unspecified atom stereocenters. The number of amides is 1. The standard InChI is InChI=1S/C17H24N2O2/c1-11-16(20)19-14-10-13(4-5-15(14)21-11)18-12-6-8-17(2,3)9-7-12/h4-5,10-12,18H,6-9H2,1-3H3,(H,19,20). The number of ether oxygens (including phenoxy) is 1. The Morgan fingerprint density at radius 3 is 2.71 bits per heavy atom. The van der Waals surface area contributed by atoms with E-state index in [0.29, 0.717) is 11.5 Å². The van der Waals surface area contributed by atoms with Crippen molar-refractivity contribution < 1.29 is 9.53 Å². The molecule has 1 aromatic rings. The zero-order valence-electron chi connectivity index (χ0n) is 13.0. The van der Waals surface area contributed by atoms with Gasteiger partial charge in [-0.15, -0.1) is 0 Å².